The van der Waals surface area contributed by atoms with Crippen LogP contribution in [0.25, 0.3) is 0 Å². The molecule has 0 saturated carbocycles. The molecule has 0 bridgehead atoms. The maximum atomic E-state index is 12.6. The predicted molar refractivity (Wildman–Crippen MR) is 77.9 cm³/mol. The molecule has 1 aromatic carbocycles. The fourth-order valence-electron chi connectivity index (χ4n) is 2.47. The lowest BCUT2D eigenvalue weighted by atomic mass is 9.93. The summed E-state index contributed by atoms with van der Waals surface area (Å²) in [6, 6.07) is 7.89. The minimum Gasteiger partial charge on any atom is -0.334 e. The van der Waals surface area contributed by atoms with Gasteiger partial charge in [-0.3, -0.25) is 4.79 Å². The lowest BCUT2D eigenvalue weighted by molar-refractivity contribution is -0.132. The monoisotopic (exact) mass is 256 g/mol. The van der Waals surface area contributed by atoms with Crippen LogP contribution in [0.1, 0.15) is 17.2 Å². The summed E-state index contributed by atoms with van der Waals surface area (Å²) in [5.74, 6) is 0.0898. The van der Waals surface area contributed by atoms with Crippen molar-refractivity contribution >= 4 is 5.91 Å². The summed E-state index contributed by atoms with van der Waals surface area (Å²) in [4.78, 5) is 14.4. The topological polar surface area (TPSA) is 32.3 Å². The van der Waals surface area contributed by atoms with Gasteiger partial charge in [0.1, 0.15) is 6.04 Å². The number of benzene rings is 1. The molecule has 0 spiro atoms. The molecule has 1 aromatic rings. The molecule has 0 saturated heterocycles. The van der Waals surface area contributed by atoms with Gasteiger partial charge in [0.2, 0.25) is 5.91 Å². The van der Waals surface area contributed by atoms with Gasteiger partial charge in [0, 0.05) is 19.6 Å². The summed E-state index contributed by atoms with van der Waals surface area (Å²) < 4.78 is 0. The zero-order valence-corrected chi connectivity index (χ0v) is 11.1. The molecule has 2 rings (SSSR count). The first-order valence-corrected chi connectivity index (χ1v) is 6.59. The normalized spacial score (nSPS) is 17.4. The van der Waals surface area contributed by atoms with Gasteiger partial charge in [-0.2, -0.15) is 0 Å². The van der Waals surface area contributed by atoms with Gasteiger partial charge in [0.25, 0.3) is 0 Å². The Morgan fingerprint density at radius 1 is 1.32 bits per heavy atom. The van der Waals surface area contributed by atoms with Crippen molar-refractivity contribution in [3.8, 4) is 0 Å². The number of amides is 1. The zero-order chi connectivity index (χ0) is 13.7. The first-order chi connectivity index (χ1) is 9.27. The van der Waals surface area contributed by atoms with Gasteiger partial charge in [-0.15, -0.1) is 13.2 Å². The number of hydrogen-bond donors (Lipinski definition) is 1. The van der Waals surface area contributed by atoms with Crippen LogP contribution in [0.15, 0.2) is 49.6 Å². The van der Waals surface area contributed by atoms with E-state index in [1.807, 2.05) is 18.2 Å². The Kier molecular flexibility index (Phi) is 4.53. The molecule has 3 nitrogen and oxygen atoms in total. The van der Waals surface area contributed by atoms with Crippen molar-refractivity contribution in [2.24, 2.45) is 0 Å². The molecular formula is C16H20N2O. The maximum absolute atomic E-state index is 12.6. The molecule has 1 unspecified atom stereocenters. The van der Waals surface area contributed by atoms with Gasteiger partial charge in [0.15, 0.2) is 0 Å². The molecule has 1 heterocycles. The first-order valence-electron chi connectivity index (χ1n) is 6.59. The minimum absolute atomic E-state index is 0.0898. The zero-order valence-electron chi connectivity index (χ0n) is 11.1. The molecule has 0 aliphatic carbocycles. The highest BCUT2D eigenvalue weighted by atomic mass is 16.2. The average molecular weight is 256 g/mol. The van der Waals surface area contributed by atoms with Crippen LogP contribution >= 0.6 is 0 Å². The van der Waals surface area contributed by atoms with E-state index in [-0.39, 0.29) is 11.9 Å². The third kappa shape index (κ3) is 2.93. The quantitative estimate of drug-likeness (QED) is 0.818. The predicted octanol–water partition coefficient (Wildman–Crippen LogP) is 2.07. The summed E-state index contributed by atoms with van der Waals surface area (Å²) in [6.45, 7) is 9.34. The van der Waals surface area contributed by atoms with Gasteiger partial charge >= 0.3 is 0 Å². The summed E-state index contributed by atoms with van der Waals surface area (Å²) in [7, 11) is 0. The van der Waals surface area contributed by atoms with E-state index < -0.39 is 0 Å². The Bertz CT molecular complexity index is 471. The van der Waals surface area contributed by atoms with E-state index in [0.717, 1.165) is 18.5 Å². The number of nitrogens with zero attached hydrogens (tertiary/aromatic N) is 1. The van der Waals surface area contributed by atoms with Crippen LogP contribution in [0.2, 0.25) is 0 Å². The smallest absolute Gasteiger partial charge is 0.244 e. The molecule has 1 aliphatic rings. The lowest BCUT2D eigenvalue weighted by Gasteiger charge is -2.30. The number of fused-ring (bicyclic) bond motifs is 1. The van der Waals surface area contributed by atoms with Crippen molar-refractivity contribution < 1.29 is 4.79 Å². The van der Waals surface area contributed by atoms with Crippen molar-refractivity contribution in [2.75, 3.05) is 19.6 Å². The second kappa shape index (κ2) is 6.34. The number of rotatable bonds is 5. The molecule has 0 radical (unpaired) electrons. The number of carbonyl (C=O) groups excluding carboxylic acids is 1. The van der Waals surface area contributed by atoms with E-state index >= 15 is 0 Å². The molecule has 0 aromatic heterocycles. The van der Waals surface area contributed by atoms with Gasteiger partial charge in [0.05, 0.1) is 0 Å². The van der Waals surface area contributed by atoms with Gasteiger partial charge in [-0.1, -0.05) is 36.4 Å². The molecule has 3 heteroatoms. The molecule has 1 amide bonds. The van der Waals surface area contributed by atoms with E-state index in [1.54, 1.807) is 17.1 Å². The van der Waals surface area contributed by atoms with Crippen LogP contribution < -0.4 is 5.32 Å². The minimum atomic E-state index is -0.246. The van der Waals surface area contributed by atoms with Crippen molar-refractivity contribution in [3.05, 3.63) is 60.7 Å². The van der Waals surface area contributed by atoms with Crippen LogP contribution in [0.5, 0.6) is 0 Å². The van der Waals surface area contributed by atoms with Crippen molar-refractivity contribution in [3.63, 3.8) is 0 Å². The van der Waals surface area contributed by atoms with E-state index in [0.29, 0.717) is 13.1 Å². The van der Waals surface area contributed by atoms with E-state index in [2.05, 4.69) is 24.5 Å². The fraction of sp³-hybridized carbons (Fsp3) is 0.312. The van der Waals surface area contributed by atoms with E-state index in [1.165, 1.54) is 5.56 Å². The Morgan fingerprint density at radius 3 is 2.68 bits per heavy atom. The standard InChI is InChI=1S/C16H20N2O/c1-3-11-18(12-4-2)16(19)15-14-8-6-5-7-13(14)9-10-17-15/h3-8,15,17H,1-2,9-12H2. The number of carbonyl (C=O) groups is 1. The summed E-state index contributed by atoms with van der Waals surface area (Å²) in [5, 5.41) is 3.31. The van der Waals surface area contributed by atoms with Crippen molar-refractivity contribution in [1.29, 1.82) is 0 Å². The average Bonchev–Trinajstić information content (AvgIpc) is 2.46. The van der Waals surface area contributed by atoms with E-state index in [4.69, 9.17) is 0 Å². The molecule has 1 atom stereocenters. The van der Waals surface area contributed by atoms with Gasteiger partial charge in [-0.25, -0.2) is 0 Å². The third-order valence-electron chi connectivity index (χ3n) is 3.37. The van der Waals surface area contributed by atoms with Crippen LogP contribution in [0.3, 0.4) is 0 Å². The van der Waals surface area contributed by atoms with Crippen LogP contribution in [0.4, 0.5) is 0 Å². The third-order valence-corrected chi connectivity index (χ3v) is 3.37. The number of hydrogen-bond acceptors (Lipinski definition) is 2. The largest absolute Gasteiger partial charge is 0.334 e. The van der Waals surface area contributed by atoms with Gasteiger partial charge < -0.3 is 10.2 Å². The molecule has 0 fully saturated rings. The maximum Gasteiger partial charge on any atom is 0.244 e. The Balaban J connectivity index is 2.24. The van der Waals surface area contributed by atoms with Crippen LogP contribution in [-0.2, 0) is 11.2 Å². The Morgan fingerprint density at radius 2 is 2.00 bits per heavy atom. The van der Waals surface area contributed by atoms with Gasteiger partial charge in [-0.05, 0) is 17.5 Å². The highest BCUT2D eigenvalue weighted by molar-refractivity contribution is 5.84. The Hall–Kier alpha value is -1.87. The second-order valence-electron chi connectivity index (χ2n) is 4.66. The van der Waals surface area contributed by atoms with E-state index in [9.17, 15) is 4.79 Å². The highest BCUT2D eigenvalue weighted by Gasteiger charge is 2.28. The summed E-state index contributed by atoms with van der Waals surface area (Å²) in [6.07, 6.45) is 4.47. The number of nitrogens with one attached hydrogen (secondary N) is 1. The highest BCUT2D eigenvalue weighted by Crippen LogP contribution is 2.24. The summed E-state index contributed by atoms with van der Waals surface area (Å²) >= 11 is 0. The Labute approximate surface area is 114 Å². The second-order valence-corrected chi connectivity index (χ2v) is 4.66. The fourth-order valence-corrected chi connectivity index (χ4v) is 2.47. The van der Waals surface area contributed by atoms with Crippen LogP contribution in [-0.4, -0.2) is 30.4 Å². The SMILES string of the molecule is C=CCN(CC=C)C(=O)C1NCCc2ccccc21. The molecule has 1 aliphatic heterocycles. The first kappa shape index (κ1) is 13.6. The lowest BCUT2D eigenvalue weighted by Crippen LogP contribution is -2.44. The molecule has 1 N–H and O–H groups in total. The summed E-state index contributed by atoms with van der Waals surface area (Å²) in [5.41, 5.74) is 2.36. The molecular weight excluding hydrogens is 236 g/mol. The van der Waals surface area contributed by atoms with Crippen LogP contribution in [0, 0.1) is 0 Å². The molecule has 100 valence electrons. The van der Waals surface area contributed by atoms with Crippen molar-refractivity contribution in [1.82, 2.24) is 10.2 Å². The molecule has 19 heavy (non-hydrogen) atoms. The van der Waals surface area contributed by atoms with Crippen molar-refractivity contribution in [2.45, 2.75) is 12.5 Å².